The molecule has 0 radical (unpaired) electrons. The summed E-state index contributed by atoms with van der Waals surface area (Å²) in [5, 5.41) is 5.69. The number of rotatable bonds is 5. The first-order valence-electron chi connectivity index (χ1n) is 8.38. The van der Waals surface area contributed by atoms with Crippen molar-refractivity contribution in [3.05, 3.63) is 29.5 Å². The Labute approximate surface area is 144 Å². The molecular formula is C17H21N3O3S. The van der Waals surface area contributed by atoms with E-state index in [1.165, 1.54) is 24.2 Å². The first-order chi connectivity index (χ1) is 11.8. The van der Waals surface area contributed by atoms with E-state index in [0.717, 1.165) is 36.2 Å². The van der Waals surface area contributed by atoms with Gasteiger partial charge in [0.2, 0.25) is 5.91 Å². The van der Waals surface area contributed by atoms with Gasteiger partial charge in [0.15, 0.2) is 10.8 Å². The van der Waals surface area contributed by atoms with Crippen molar-refractivity contribution in [1.29, 1.82) is 0 Å². The standard InChI is InChI=1S/C17H21N3O3S/c21-16(7-12-11-24-17(19-12)15-4-2-6-22-15)18-8-14-9-20-5-1-3-13(20)10-23-14/h2,4,6,11,13-14H,1,3,5,7-10H2,(H,18,21)/t13-,14+/m0/s1. The number of nitrogens with zero attached hydrogens (tertiary/aromatic N) is 2. The average molecular weight is 347 g/mol. The Bertz CT molecular complexity index is 685. The molecule has 0 aromatic carbocycles. The normalized spacial score (nSPS) is 24.0. The Morgan fingerprint density at radius 1 is 1.50 bits per heavy atom. The Morgan fingerprint density at radius 3 is 3.33 bits per heavy atom. The Balaban J connectivity index is 1.25. The van der Waals surface area contributed by atoms with Crippen molar-refractivity contribution in [1.82, 2.24) is 15.2 Å². The summed E-state index contributed by atoms with van der Waals surface area (Å²) in [7, 11) is 0. The van der Waals surface area contributed by atoms with Crippen LogP contribution in [0, 0.1) is 0 Å². The number of thiazole rings is 1. The molecule has 0 bridgehead atoms. The number of hydrogen-bond donors (Lipinski definition) is 1. The third-order valence-electron chi connectivity index (χ3n) is 4.61. The van der Waals surface area contributed by atoms with Crippen molar-refractivity contribution in [3.8, 4) is 10.8 Å². The van der Waals surface area contributed by atoms with E-state index in [1.54, 1.807) is 6.26 Å². The van der Waals surface area contributed by atoms with Crippen LogP contribution >= 0.6 is 11.3 Å². The number of furan rings is 1. The van der Waals surface area contributed by atoms with Crippen LogP contribution < -0.4 is 5.32 Å². The number of hydrogen-bond acceptors (Lipinski definition) is 6. The van der Waals surface area contributed by atoms with Crippen LogP contribution in [0.15, 0.2) is 28.2 Å². The minimum Gasteiger partial charge on any atom is -0.462 e. The summed E-state index contributed by atoms with van der Waals surface area (Å²) in [5.74, 6) is 0.723. The van der Waals surface area contributed by atoms with Crippen LogP contribution in [0.1, 0.15) is 18.5 Å². The van der Waals surface area contributed by atoms with Gasteiger partial charge in [0.05, 0.1) is 31.1 Å². The first kappa shape index (κ1) is 15.8. The number of carbonyl (C=O) groups is 1. The van der Waals surface area contributed by atoms with Crippen molar-refractivity contribution in [3.63, 3.8) is 0 Å². The molecule has 2 fully saturated rings. The highest BCUT2D eigenvalue weighted by atomic mass is 32.1. The monoisotopic (exact) mass is 347 g/mol. The van der Waals surface area contributed by atoms with Gasteiger partial charge in [-0.25, -0.2) is 4.98 Å². The van der Waals surface area contributed by atoms with Crippen molar-refractivity contribution in [2.45, 2.75) is 31.4 Å². The zero-order chi connectivity index (χ0) is 16.4. The van der Waals surface area contributed by atoms with Crippen LogP contribution in [0.4, 0.5) is 0 Å². The van der Waals surface area contributed by atoms with E-state index in [9.17, 15) is 4.79 Å². The van der Waals surface area contributed by atoms with Gasteiger partial charge in [-0.05, 0) is 31.5 Å². The second-order valence-corrected chi connectivity index (χ2v) is 7.21. The first-order valence-corrected chi connectivity index (χ1v) is 9.26. The summed E-state index contributed by atoms with van der Waals surface area (Å²) in [6.07, 6.45) is 4.50. The Morgan fingerprint density at radius 2 is 2.46 bits per heavy atom. The topological polar surface area (TPSA) is 67.6 Å². The number of carbonyl (C=O) groups excluding carboxylic acids is 1. The maximum Gasteiger partial charge on any atom is 0.226 e. The molecule has 24 heavy (non-hydrogen) atoms. The fourth-order valence-electron chi connectivity index (χ4n) is 3.37. The van der Waals surface area contributed by atoms with E-state index in [4.69, 9.17) is 9.15 Å². The minimum atomic E-state index is -0.0153. The van der Waals surface area contributed by atoms with E-state index in [1.807, 2.05) is 17.5 Å². The highest BCUT2D eigenvalue weighted by molar-refractivity contribution is 7.13. The van der Waals surface area contributed by atoms with Crippen LogP contribution in [0.2, 0.25) is 0 Å². The SMILES string of the molecule is O=C(Cc1csc(-c2ccco2)n1)NC[C@@H]1CN2CCC[C@H]2CO1. The van der Waals surface area contributed by atoms with E-state index in [0.29, 0.717) is 12.6 Å². The Hall–Kier alpha value is -1.70. The number of morpholine rings is 1. The van der Waals surface area contributed by atoms with Crippen LogP contribution in [-0.2, 0) is 16.0 Å². The van der Waals surface area contributed by atoms with Crippen molar-refractivity contribution in [2.24, 2.45) is 0 Å². The maximum absolute atomic E-state index is 12.1. The number of amides is 1. The van der Waals surface area contributed by atoms with Crippen molar-refractivity contribution >= 4 is 17.2 Å². The molecule has 128 valence electrons. The molecule has 2 aromatic rings. The lowest BCUT2D eigenvalue weighted by molar-refractivity contribution is -0.122. The molecule has 1 N–H and O–H groups in total. The summed E-state index contributed by atoms with van der Waals surface area (Å²) in [5.41, 5.74) is 0.771. The second-order valence-electron chi connectivity index (χ2n) is 6.35. The van der Waals surface area contributed by atoms with Crippen LogP contribution in [0.25, 0.3) is 10.8 Å². The maximum atomic E-state index is 12.1. The third-order valence-corrected chi connectivity index (χ3v) is 5.52. The molecule has 2 aliphatic rings. The van der Waals surface area contributed by atoms with Crippen LogP contribution in [-0.4, -0.2) is 54.2 Å². The average Bonchev–Trinajstić information content (AvgIpc) is 3.32. The fourth-order valence-corrected chi connectivity index (χ4v) is 4.15. The van der Waals surface area contributed by atoms with E-state index >= 15 is 0 Å². The van der Waals surface area contributed by atoms with Crippen molar-refractivity contribution in [2.75, 3.05) is 26.2 Å². The lowest BCUT2D eigenvalue weighted by Crippen LogP contribution is -2.50. The highest BCUT2D eigenvalue weighted by Crippen LogP contribution is 2.24. The van der Waals surface area contributed by atoms with E-state index in [2.05, 4.69) is 15.2 Å². The molecule has 4 rings (SSSR count). The predicted molar refractivity (Wildman–Crippen MR) is 90.9 cm³/mol. The Kier molecular flexibility index (Phi) is 4.64. The lowest BCUT2D eigenvalue weighted by Gasteiger charge is -2.35. The van der Waals surface area contributed by atoms with Crippen molar-refractivity contribution < 1.29 is 13.9 Å². The quantitative estimate of drug-likeness (QED) is 0.895. The molecule has 1 amide bonds. The predicted octanol–water partition coefficient (Wildman–Crippen LogP) is 1.92. The molecule has 6 nitrogen and oxygen atoms in total. The molecule has 0 saturated carbocycles. The summed E-state index contributed by atoms with van der Waals surface area (Å²) in [6, 6.07) is 4.29. The summed E-state index contributed by atoms with van der Waals surface area (Å²) in [4.78, 5) is 19.1. The van der Waals surface area contributed by atoms with Gasteiger partial charge in [-0.2, -0.15) is 0 Å². The summed E-state index contributed by atoms with van der Waals surface area (Å²) < 4.78 is 11.2. The van der Waals surface area contributed by atoms with Gasteiger partial charge >= 0.3 is 0 Å². The van der Waals surface area contributed by atoms with E-state index in [-0.39, 0.29) is 18.4 Å². The molecule has 4 heterocycles. The molecule has 2 atom stereocenters. The zero-order valence-corrected chi connectivity index (χ0v) is 14.3. The van der Waals surface area contributed by atoms with Gasteiger partial charge in [-0.1, -0.05) is 0 Å². The van der Waals surface area contributed by atoms with Gasteiger partial charge in [0.1, 0.15) is 0 Å². The molecule has 2 saturated heterocycles. The molecular weight excluding hydrogens is 326 g/mol. The molecule has 7 heteroatoms. The molecule has 0 unspecified atom stereocenters. The number of nitrogens with one attached hydrogen (secondary N) is 1. The van der Waals surface area contributed by atoms with Gasteiger partial charge < -0.3 is 14.5 Å². The van der Waals surface area contributed by atoms with Gasteiger partial charge in [-0.15, -0.1) is 11.3 Å². The molecule has 2 aromatic heterocycles. The number of ether oxygens (including phenoxy) is 1. The zero-order valence-electron chi connectivity index (χ0n) is 13.4. The van der Waals surface area contributed by atoms with Gasteiger partial charge in [0, 0.05) is 24.5 Å². The lowest BCUT2D eigenvalue weighted by atomic mass is 10.2. The molecule has 2 aliphatic heterocycles. The summed E-state index contributed by atoms with van der Waals surface area (Å²) in [6.45, 7) is 3.44. The second kappa shape index (κ2) is 7.04. The van der Waals surface area contributed by atoms with Crippen LogP contribution in [0.3, 0.4) is 0 Å². The molecule has 0 spiro atoms. The highest BCUT2D eigenvalue weighted by Gasteiger charge is 2.32. The minimum absolute atomic E-state index is 0.0153. The number of fused-ring (bicyclic) bond motifs is 1. The smallest absolute Gasteiger partial charge is 0.226 e. The number of aromatic nitrogens is 1. The third kappa shape index (κ3) is 3.53. The van der Waals surface area contributed by atoms with E-state index < -0.39 is 0 Å². The fraction of sp³-hybridized carbons (Fsp3) is 0.529. The van der Waals surface area contributed by atoms with Gasteiger partial charge in [-0.3, -0.25) is 9.69 Å². The summed E-state index contributed by atoms with van der Waals surface area (Å²) >= 11 is 1.49. The van der Waals surface area contributed by atoms with Gasteiger partial charge in [0.25, 0.3) is 0 Å². The molecule has 0 aliphatic carbocycles. The van der Waals surface area contributed by atoms with Crippen LogP contribution in [0.5, 0.6) is 0 Å². The largest absolute Gasteiger partial charge is 0.462 e.